The summed E-state index contributed by atoms with van der Waals surface area (Å²) in [5, 5.41) is 0. The molecule has 0 heterocycles. The summed E-state index contributed by atoms with van der Waals surface area (Å²) in [7, 11) is 130. The van der Waals surface area contributed by atoms with E-state index in [-0.39, 0.29) is 238 Å². The summed E-state index contributed by atoms with van der Waals surface area (Å²) < 4.78 is 0. The maximum atomic E-state index is 3.67. The Bertz CT molecular complexity index is 1130. The molecule has 0 aromatic rings. The highest BCUT2D eigenvalue weighted by atomic mass is 33.6. The van der Waals surface area contributed by atoms with Gasteiger partial charge in [-0.15, -0.1) is 321 Å². The van der Waals surface area contributed by atoms with Crippen LogP contribution < -0.4 is 0 Å². The zero-order valence-electron chi connectivity index (χ0n) is 36.0. The van der Waals surface area contributed by atoms with Gasteiger partial charge in [-0.1, -0.05) is 0 Å². The van der Waals surface area contributed by atoms with E-state index >= 15 is 0 Å². The number of hydrogen-bond acceptors (Lipinski definition) is 0. The Kier molecular flexibility index (Phi) is 78.2. The van der Waals surface area contributed by atoms with Gasteiger partial charge in [0.25, 0.3) is 0 Å². The molecule has 422 valence electrons. The van der Waals surface area contributed by atoms with Crippen LogP contribution in [-0.4, -0.2) is 0 Å². The van der Waals surface area contributed by atoms with Crippen LogP contribution in [-0.2, 0) is 0 Å². The molecule has 0 saturated heterocycles. The highest BCUT2D eigenvalue weighted by Crippen LogP contribution is 3.50. The van der Waals surface area contributed by atoms with Crippen molar-refractivity contribution in [2.24, 2.45) is 0 Å². The third-order valence-electron chi connectivity index (χ3n) is 6.12. The van der Waals surface area contributed by atoms with Crippen LogP contribution in [0.5, 0.6) is 0 Å². The second kappa shape index (κ2) is 54.7. The van der Waals surface area contributed by atoms with Gasteiger partial charge in [-0.05, 0) is 238 Å². The predicted octanol–water partition coefficient (Wildman–Crippen LogP) is 41.0. The molecule has 0 fully saturated rings. The van der Waals surface area contributed by atoms with Crippen molar-refractivity contribution in [1.29, 1.82) is 0 Å². The third kappa shape index (κ3) is 35.2. The van der Waals surface area contributed by atoms with Crippen LogP contribution >= 0.6 is 559 Å². The van der Waals surface area contributed by atoms with E-state index < -0.39 is 0 Å². The van der Waals surface area contributed by atoms with E-state index in [1.165, 1.54) is 0 Å². The van der Waals surface area contributed by atoms with E-state index in [1.54, 1.807) is 0 Å². The minimum absolute atomic E-state index is 0.233. The molecule has 38 atom stereocenters. The van der Waals surface area contributed by atoms with E-state index in [2.05, 4.69) is 321 Å². The molecule has 0 aromatic carbocycles. The lowest BCUT2D eigenvalue weighted by atomic mass is 28.4. The molecule has 0 rings (SSSR count). The second-order valence-electron chi connectivity index (χ2n) is 11.1. The van der Waals surface area contributed by atoms with Gasteiger partial charge < -0.3 is 0 Å². The molecular formula is H72P70. The van der Waals surface area contributed by atoms with Crippen LogP contribution in [0.15, 0.2) is 0 Å². The highest BCUT2D eigenvalue weighted by molar-refractivity contribution is 9.56. The van der Waals surface area contributed by atoms with Gasteiger partial charge in [-0.25, -0.2) is 0 Å². The van der Waals surface area contributed by atoms with Crippen molar-refractivity contribution >= 4 is 559 Å². The summed E-state index contributed by atoms with van der Waals surface area (Å²) in [5.41, 5.74) is 0. The first-order valence-corrected chi connectivity index (χ1v) is 143. The molecule has 0 aliphatic heterocycles. The predicted molar refractivity (Wildman–Crippen MR) is 585 cm³/mol. The van der Waals surface area contributed by atoms with Crippen molar-refractivity contribution in [3.63, 3.8) is 0 Å². The molecule has 0 aromatic heterocycles. The average Bonchev–Trinajstić information content (AvgIpc) is 3.12. The fourth-order valence-corrected chi connectivity index (χ4v) is 1030. The van der Waals surface area contributed by atoms with Gasteiger partial charge in [0.05, 0.1) is 0 Å². The van der Waals surface area contributed by atoms with Crippen LogP contribution in [0.2, 0.25) is 0 Å². The summed E-state index contributed by atoms with van der Waals surface area (Å²) in [6.07, 6.45) is 0. The molecule has 0 nitrogen and oxygen atoms in total. The molecule has 0 aliphatic carbocycles. The average molecular weight is 2240 g/mol. The topological polar surface area (TPSA) is 0 Å². The van der Waals surface area contributed by atoms with Gasteiger partial charge in [-0.3, -0.25) is 0 Å². The quantitative estimate of drug-likeness (QED) is 0.0575. The van der Waals surface area contributed by atoms with E-state index in [4.69, 9.17) is 0 Å². The van der Waals surface area contributed by atoms with E-state index in [9.17, 15) is 0 Å². The molecule has 0 radical (unpaired) electrons. The Balaban J connectivity index is 11.7. The number of rotatable bonds is 33. The molecule has 0 bridgehead atoms. The van der Waals surface area contributed by atoms with Crippen molar-refractivity contribution in [2.45, 2.75) is 0 Å². The van der Waals surface area contributed by atoms with E-state index in [0.717, 1.165) is 0 Å². The first kappa shape index (κ1) is 100. The third-order valence-corrected chi connectivity index (χ3v) is 496. The van der Waals surface area contributed by atoms with Crippen LogP contribution in [0.1, 0.15) is 0 Å². The Morgan fingerprint density at radius 2 is 0.114 bits per heavy atom. The van der Waals surface area contributed by atoms with Crippen LogP contribution in [0.3, 0.4) is 0 Å². The number of hydrogen-bond donors (Lipinski definition) is 0. The van der Waals surface area contributed by atoms with Crippen molar-refractivity contribution < 1.29 is 0 Å². The van der Waals surface area contributed by atoms with Crippen molar-refractivity contribution in [3.05, 3.63) is 0 Å². The largest absolute Gasteiger partial charge is 0.102 e. The summed E-state index contributed by atoms with van der Waals surface area (Å²) in [5.74, 6) is 0. The fraction of sp³-hybridized carbons (Fsp3) is 0. The summed E-state index contributed by atoms with van der Waals surface area (Å²) >= 11 is 0. The zero-order valence-corrected chi connectivity index (χ0v) is 108. The Labute approximate surface area is 550 Å². The summed E-state index contributed by atoms with van der Waals surface area (Å²) in [6, 6.07) is 0. The maximum absolute atomic E-state index is 3.67. The molecule has 0 N–H and O–H groups in total. The lowest BCUT2D eigenvalue weighted by molar-refractivity contribution is 4.32. The first-order chi connectivity index (χ1) is 31.8. The standard InChI is InChI=1S/H72P70/c1-37(2)55(38(3)4)64(56(39(5)6)40(7)8)68(63(53(33)34)54(35)36)70(67(61(49(25)26)50(27)28)62(51(29)30)52(31)32)69(65(57(41(9)10)42(11)12)58(43(13)14)44(15)16)66(59(45(17)18)46(19)20)60(47(21)22)48(23)24/h1-36H2. The maximum Gasteiger partial charge on any atom is -0.00000810 e. The van der Waals surface area contributed by atoms with Gasteiger partial charge >= 0.3 is 0 Å². The zero-order chi connectivity index (χ0) is 55.6. The van der Waals surface area contributed by atoms with Crippen LogP contribution in [0, 0.1) is 0 Å². The smallest absolute Gasteiger partial charge is 0.00000810 e. The first-order valence-electron chi connectivity index (χ1n) is 15.9. The van der Waals surface area contributed by atoms with Crippen molar-refractivity contribution in [3.8, 4) is 0 Å². The summed E-state index contributed by atoms with van der Waals surface area (Å²) in [4.78, 5) is 0. The molecule has 70 heteroatoms. The lowest BCUT2D eigenvalue weighted by Crippen LogP contribution is -1.74. The lowest BCUT2D eigenvalue weighted by Gasteiger charge is -2.61. The monoisotopic (exact) mass is 2240 g/mol. The summed E-state index contributed by atoms with van der Waals surface area (Å²) in [6.45, 7) is -9.92. The van der Waals surface area contributed by atoms with Crippen molar-refractivity contribution in [2.75, 3.05) is 0 Å². The van der Waals surface area contributed by atoms with Crippen molar-refractivity contribution in [1.82, 2.24) is 0 Å². The van der Waals surface area contributed by atoms with Gasteiger partial charge in [0.2, 0.25) is 0 Å². The van der Waals surface area contributed by atoms with Crippen LogP contribution in [0.4, 0.5) is 0 Å². The van der Waals surface area contributed by atoms with E-state index in [1.807, 2.05) is 0 Å². The van der Waals surface area contributed by atoms with Gasteiger partial charge in [-0.2, -0.15) is 0 Å². The van der Waals surface area contributed by atoms with E-state index in [0.29, 0.717) is 0 Å². The van der Waals surface area contributed by atoms with Gasteiger partial charge in [0.15, 0.2) is 0 Å². The molecule has 0 saturated carbocycles. The molecule has 38 unspecified atom stereocenters. The normalized spacial score (nSPS) is 15.4. The van der Waals surface area contributed by atoms with Crippen LogP contribution in [0.25, 0.3) is 0 Å². The van der Waals surface area contributed by atoms with Gasteiger partial charge in [0, 0.05) is 0 Å². The Morgan fingerprint density at radius 1 is 0.0714 bits per heavy atom. The minimum Gasteiger partial charge on any atom is -0.102 e. The molecule has 0 amide bonds. The molecule has 0 spiro atoms. The fourth-order valence-electron chi connectivity index (χ4n) is 4.24. The Morgan fingerprint density at radius 3 is 0.171 bits per heavy atom. The SMILES string of the molecule is PP(P)P(P(P)P)P(P(P(P)P)P(P)P)P(P(P(P)P)P(P)P)P(P(P(P(P)P)P(P)P)P(P(P)P)P(P)P)P(P(P(P(P)P)P(P)P)P(P(P)P)P(P)P)P(P(P(P)P)P(P)P)P(P(P)P)P(P)P. The van der Waals surface area contributed by atoms with Gasteiger partial charge in [0.1, 0.15) is 0 Å². The molecule has 70 heavy (non-hydrogen) atoms. The molecule has 0 aliphatic rings. The second-order valence-corrected chi connectivity index (χ2v) is 301. The highest BCUT2D eigenvalue weighted by Gasteiger charge is 2.63. The minimum atomic E-state index is -0.370. The Hall–Kier alpha value is 30.1. The molecular weight excluding hydrogens is 2170 g/mol.